The molecule has 3 heterocycles. The smallest absolute Gasteiger partial charge is 0.325 e. The number of carbonyl (C=O) groups excluding carboxylic acids is 3. The highest BCUT2D eigenvalue weighted by Crippen LogP contribution is 2.41. The normalized spacial score (nSPS) is 18.9. The molecular formula is C29H25N3O4. The molecule has 1 N–H and O–H groups in total. The molecule has 1 spiro atoms. The third kappa shape index (κ3) is 3.16. The van der Waals surface area contributed by atoms with E-state index in [2.05, 4.69) is 9.88 Å². The maximum absolute atomic E-state index is 13.9. The van der Waals surface area contributed by atoms with Crippen molar-refractivity contribution in [3.05, 3.63) is 90.0 Å². The van der Waals surface area contributed by atoms with Crippen LogP contribution in [0.25, 0.3) is 22.2 Å². The van der Waals surface area contributed by atoms with Gasteiger partial charge in [-0.3, -0.25) is 14.5 Å². The molecule has 1 fully saturated rings. The second-order valence-corrected chi connectivity index (χ2v) is 9.10. The van der Waals surface area contributed by atoms with E-state index in [1.165, 1.54) is 0 Å². The average molecular weight is 480 g/mol. The van der Waals surface area contributed by atoms with E-state index in [9.17, 15) is 14.4 Å². The molecule has 3 amide bonds. The number of carbonyl (C=O) groups is 3. The third-order valence-corrected chi connectivity index (χ3v) is 7.17. The molecule has 0 bridgehead atoms. The molecule has 0 radical (unpaired) electrons. The molecule has 7 nitrogen and oxygen atoms in total. The van der Waals surface area contributed by atoms with Crippen molar-refractivity contribution >= 4 is 28.6 Å². The van der Waals surface area contributed by atoms with Crippen LogP contribution < -0.4 is 10.1 Å². The number of urea groups is 1. The molecule has 2 aliphatic heterocycles. The molecular weight excluding hydrogens is 454 g/mol. The number of benzene rings is 3. The highest BCUT2D eigenvalue weighted by atomic mass is 16.5. The Hall–Kier alpha value is -4.39. The molecule has 1 unspecified atom stereocenters. The van der Waals surface area contributed by atoms with Crippen molar-refractivity contribution in [1.82, 2.24) is 14.8 Å². The first-order chi connectivity index (χ1) is 17.5. The van der Waals surface area contributed by atoms with Gasteiger partial charge in [0.15, 0.2) is 11.3 Å². The van der Waals surface area contributed by atoms with E-state index in [1.807, 2.05) is 73.7 Å². The van der Waals surface area contributed by atoms with Crippen LogP contribution in [0.1, 0.15) is 29.3 Å². The molecule has 6 rings (SSSR count). The topological polar surface area (TPSA) is 80.6 Å². The summed E-state index contributed by atoms with van der Waals surface area (Å²) in [5, 5.41) is 3.69. The number of amides is 3. The lowest BCUT2D eigenvalue weighted by molar-refractivity contribution is -0.132. The number of hydrogen-bond acceptors (Lipinski definition) is 4. The van der Waals surface area contributed by atoms with Crippen molar-refractivity contribution in [2.45, 2.75) is 25.4 Å². The molecule has 1 atom stereocenters. The minimum atomic E-state index is -1.22. The zero-order valence-corrected chi connectivity index (χ0v) is 19.9. The summed E-state index contributed by atoms with van der Waals surface area (Å²) in [5.74, 6) is -0.127. The SMILES string of the molecule is CCn1c(-c2ccccc2)c(C(=O)CN2C(=O)NC3(CCOc4ccccc43)C2=O)c2ccccc21. The molecule has 3 aromatic carbocycles. The number of rotatable bonds is 5. The zero-order chi connectivity index (χ0) is 24.9. The molecule has 0 aliphatic carbocycles. The predicted molar refractivity (Wildman–Crippen MR) is 136 cm³/mol. The molecule has 36 heavy (non-hydrogen) atoms. The highest BCUT2D eigenvalue weighted by molar-refractivity contribution is 6.18. The van der Waals surface area contributed by atoms with Gasteiger partial charge in [-0.05, 0) is 24.6 Å². The standard InChI is InChI=1S/C29H25N3O4/c1-2-31-22-14-8-6-12-20(22)25(26(31)19-10-4-3-5-11-19)23(33)18-32-27(34)29(30-28(32)35)16-17-36-24-15-9-7-13-21(24)29/h3-15H,2,16-18H2,1H3,(H,30,35). The second kappa shape index (κ2) is 8.37. The van der Waals surface area contributed by atoms with E-state index < -0.39 is 17.5 Å². The van der Waals surface area contributed by atoms with Crippen LogP contribution in [0.3, 0.4) is 0 Å². The van der Waals surface area contributed by atoms with E-state index in [1.54, 1.807) is 12.1 Å². The van der Waals surface area contributed by atoms with Crippen molar-refractivity contribution in [3.63, 3.8) is 0 Å². The lowest BCUT2D eigenvalue weighted by Crippen LogP contribution is -2.47. The van der Waals surface area contributed by atoms with Crippen molar-refractivity contribution in [2.75, 3.05) is 13.2 Å². The molecule has 4 aromatic rings. The molecule has 0 saturated carbocycles. The van der Waals surface area contributed by atoms with Gasteiger partial charge in [-0.25, -0.2) is 4.79 Å². The van der Waals surface area contributed by atoms with Gasteiger partial charge in [0.05, 0.1) is 24.4 Å². The Bertz CT molecular complexity index is 1520. The van der Waals surface area contributed by atoms with E-state index in [-0.39, 0.29) is 12.3 Å². The Morgan fingerprint density at radius 1 is 0.972 bits per heavy atom. The van der Waals surface area contributed by atoms with Crippen molar-refractivity contribution in [3.8, 4) is 17.0 Å². The predicted octanol–water partition coefficient (Wildman–Crippen LogP) is 4.74. The van der Waals surface area contributed by atoms with Gasteiger partial charge >= 0.3 is 6.03 Å². The zero-order valence-electron chi connectivity index (χ0n) is 19.9. The largest absolute Gasteiger partial charge is 0.493 e. The van der Waals surface area contributed by atoms with E-state index >= 15 is 0 Å². The van der Waals surface area contributed by atoms with Gasteiger partial charge in [0.2, 0.25) is 0 Å². The first kappa shape index (κ1) is 22.1. The monoisotopic (exact) mass is 479 g/mol. The van der Waals surface area contributed by atoms with Gasteiger partial charge in [-0.2, -0.15) is 0 Å². The first-order valence-electron chi connectivity index (χ1n) is 12.1. The van der Waals surface area contributed by atoms with Gasteiger partial charge in [0.1, 0.15) is 5.75 Å². The number of ketones is 1. The van der Waals surface area contributed by atoms with Crippen LogP contribution in [0, 0.1) is 0 Å². The average Bonchev–Trinajstić information content (AvgIpc) is 3.37. The van der Waals surface area contributed by atoms with Crippen LogP contribution in [-0.4, -0.2) is 40.3 Å². The van der Waals surface area contributed by atoms with Gasteiger partial charge in [0, 0.05) is 29.4 Å². The molecule has 1 saturated heterocycles. The molecule has 2 aliphatic rings. The molecule has 1 aromatic heterocycles. The lowest BCUT2D eigenvalue weighted by atomic mass is 9.84. The van der Waals surface area contributed by atoms with E-state index in [4.69, 9.17) is 4.74 Å². The number of fused-ring (bicyclic) bond motifs is 3. The number of nitrogens with one attached hydrogen (secondary N) is 1. The summed E-state index contributed by atoms with van der Waals surface area (Å²) in [5.41, 5.74) is 2.57. The van der Waals surface area contributed by atoms with Crippen LogP contribution in [0.4, 0.5) is 4.79 Å². The Kier molecular flexibility index (Phi) is 5.14. The van der Waals surface area contributed by atoms with Gasteiger partial charge in [-0.1, -0.05) is 66.7 Å². The van der Waals surface area contributed by atoms with Crippen LogP contribution in [0.5, 0.6) is 5.75 Å². The second-order valence-electron chi connectivity index (χ2n) is 9.10. The Labute approximate surface area is 208 Å². The molecule has 180 valence electrons. The maximum atomic E-state index is 13.9. The van der Waals surface area contributed by atoms with E-state index in [0.29, 0.717) is 36.4 Å². The van der Waals surface area contributed by atoms with Crippen molar-refractivity contribution < 1.29 is 19.1 Å². The maximum Gasteiger partial charge on any atom is 0.325 e. The summed E-state index contributed by atoms with van der Waals surface area (Å²) in [6.45, 7) is 2.66. The number of para-hydroxylation sites is 2. The first-order valence-corrected chi connectivity index (χ1v) is 12.1. The summed E-state index contributed by atoms with van der Waals surface area (Å²) < 4.78 is 7.83. The van der Waals surface area contributed by atoms with Crippen LogP contribution in [0.2, 0.25) is 0 Å². The Morgan fingerprint density at radius 3 is 2.50 bits per heavy atom. The van der Waals surface area contributed by atoms with Gasteiger partial charge in [0.25, 0.3) is 5.91 Å². The number of hydrogen-bond donors (Lipinski definition) is 1. The summed E-state index contributed by atoms with van der Waals surface area (Å²) in [6, 6.07) is 24.2. The third-order valence-electron chi connectivity index (χ3n) is 7.17. The summed E-state index contributed by atoms with van der Waals surface area (Å²) >= 11 is 0. The summed E-state index contributed by atoms with van der Waals surface area (Å²) in [7, 11) is 0. The molecule has 7 heteroatoms. The van der Waals surface area contributed by atoms with Gasteiger partial charge < -0.3 is 14.6 Å². The van der Waals surface area contributed by atoms with Crippen LogP contribution in [0.15, 0.2) is 78.9 Å². The number of aryl methyl sites for hydroxylation is 1. The number of ether oxygens (including phenoxy) is 1. The Balaban J connectivity index is 1.42. The van der Waals surface area contributed by atoms with Crippen molar-refractivity contribution in [2.24, 2.45) is 0 Å². The fourth-order valence-electron chi connectivity index (χ4n) is 5.55. The van der Waals surface area contributed by atoms with E-state index in [0.717, 1.165) is 27.1 Å². The lowest BCUT2D eigenvalue weighted by Gasteiger charge is -2.33. The number of Topliss-reactive ketones (excluding diaryl/α,β-unsaturated/α-hetero) is 1. The fraction of sp³-hybridized carbons (Fsp3) is 0.207. The summed E-state index contributed by atoms with van der Waals surface area (Å²) in [6.07, 6.45) is 0.309. The summed E-state index contributed by atoms with van der Waals surface area (Å²) in [4.78, 5) is 41.8. The Morgan fingerprint density at radius 2 is 1.69 bits per heavy atom. The number of aromatic nitrogens is 1. The number of imide groups is 1. The fourth-order valence-corrected chi connectivity index (χ4v) is 5.55. The van der Waals surface area contributed by atoms with Crippen LogP contribution >= 0.6 is 0 Å². The van der Waals surface area contributed by atoms with Crippen molar-refractivity contribution in [1.29, 1.82) is 0 Å². The minimum absolute atomic E-state index is 0.279. The minimum Gasteiger partial charge on any atom is -0.493 e. The quantitative estimate of drug-likeness (QED) is 0.331. The van der Waals surface area contributed by atoms with Crippen LogP contribution in [-0.2, 0) is 16.9 Å². The number of nitrogens with zero attached hydrogens (tertiary/aromatic N) is 2. The highest BCUT2D eigenvalue weighted by Gasteiger charge is 2.55. The van der Waals surface area contributed by atoms with Gasteiger partial charge in [-0.15, -0.1) is 0 Å².